The molecular formula is C41H34BN5O2. The van der Waals surface area contributed by atoms with Crippen LogP contribution in [0.3, 0.4) is 0 Å². The average Bonchev–Trinajstić information content (AvgIpc) is 3.81. The highest BCUT2D eigenvalue weighted by molar-refractivity contribution is 7.02. The van der Waals surface area contributed by atoms with Crippen molar-refractivity contribution in [3.8, 4) is 11.4 Å². The Kier molecular flexibility index (Phi) is 4.74. The zero-order valence-corrected chi connectivity index (χ0v) is 28.9. The van der Waals surface area contributed by atoms with E-state index >= 15 is 0 Å². The molecule has 2 aliphatic rings. The molecule has 9 aromatic rings. The zero-order valence-electron chi connectivity index (χ0n) is 28.9. The molecule has 238 valence electrons. The van der Waals surface area contributed by atoms with Gasteiger partial charge in [-0.1, -0.05) is 77.9 Å². The molecular weight excluding hydrogens is 605 g/mol. The Morgan fingerprint density at radius 2 is 0.980 bits per heavy atom. The minimum Gasteiger partial charge on any atom is -0.457 e. The monoisotopic (exact) mass is 639 g/mol. The summed E-state index contributed by atoms with van der Waals surface area (Å²) < 4.78 is 18.7. The summed E-state index contributed by atoms with van der Waals surface area (Å²) in [6.45, 7) is 17.6. The number of aryl methyl sites for hydroxylation is 2. The molecule has 7 heterocycles. The number of pyridine rings is 1. The van der Waals surface area contributed by atoms with Gasteiger partial charge in [0.2, 0.25) is 0 Å². The van der Waals surface area contributed by atoms with Gasteiger partial charge in [0.15, 0.2) is 0 Å². The third kappa shape index (κ3) is 3.19. The first-order valence-corrected chi connectivity index (χ1v) is 17.2. The number of hydrogen-bond acceptors (Lipinski definition) is 5. The Labute approximate surface area is 282 Å². The van der Waals surface area contributed by atoms with Crippen molar-refractivity contribution in [2.24, 2.45) is 0 Å². The van der Waals surface area contributed by atoms with Gasteiger partial charge in [-0.2, -0.15) is 0 Å². The third-order valence-electron chi connectivity index (χ3n) is 10.8. The number of aromatic nitrogens is 5. The highest BCUT2D eigenvalue weighted by Gasteiger charge is 2.48. The van der Waals surface area contributed by atoms with Gasteiger partial charge in [-0.3, -0.25) is 14.1 Å². The lowest BCUT2D eigenvalue weighted by atomic mass is 9.33. The van der Waals surface area contributed by atoms with E-state index in [2.05, 4.69) is 113 Å². The number of nitrogens with zero attached hydrogens (tertiary/aromatic N) is 5. The Hall–Kier alpha value is -5.37. The van der Waals surface area contributed by atoms with Gasteiger partial charge in [-0.05, 0) is 54.5 Å². The summed E-state index contributed by atoms with van der Waals surface area (Å²) in [6.07, 6.45) is 0. The predicted octanol–water partition coefficient (Wildman–Crippen LogP) is 7.91. The number of benzene rings is 4. The van der Waals surface area contributed by atoms with Crippen molar-refractivity contribution in [1.82, 2.24) is 24.1 Å². The van der Waals surface area contributed by atoms with Crippen molar-refractivity contribution >= 4 is 89.0 Å². The van der Waals surface area contributed by atoms with Crippen LogP contribution in [0.15, 0.2) is 69.5 Å². The van der Waals surface area contributed by atoms with Gasteiger partial charge < -0.3 is 8.83 Å². The number of rotatable bonds is 0. The molecule has 5 aromatic heterocycles. The van der Waals surface area contributed by atoms with E-state index < -0.39 is 0 Å². The molecule has 4 aromatic carbocycles. The number of imidazole rings is 2. The van der Waals surface area contributed by atoms with E-state index in [1.807, 2.05) is 12.1 Å². The van der Waals surface area contributed by atoms with E-state index in [4.69, 9.17) is 23.8 Å². The predicted molar refractivity (Wildman–Crippen MR) is 200 cm³/mol. The third-order valence-corrected chi connectivity index (χ3v) is 10.8. The van der Waals surface area contributed by atoms with Crippen molar-refractivity contribution < 1.29 is 8.83 Å². The molecule has 0 fully saturated rings. The van der Waals surface area contributed by atoms with Crippen molar-refractivity contribution in [3.63, 3.8) is 0 Å². The van der Waals surface area contributed by atoms with Crippen LogP contribution in [0, 0.1) is 13.8 Å². The Balaban J connectivity index is 1.47. The van der Waals surface area contributed by atoms with Crippen molar-refractivity contribution in [2.75, 3.05) is 0 Å². The maximum absolute atomic E-state index is 6.94. The van der Waals surface area contributed by atoms with Gasteiger partial charge in [-0.25, -0.2) is 9.97 Å². The van der Waals surface area contributed by atoms with Crippen LogP contribution in [0.5, 0.6) is 0 Å². The second-order valence-electron chi connectivity index (χ2n) is 16.1. The van der Waals surface area contributed by atoms with Gasteiger partial charge in [0.25, 0.3) is 6.71 Å². The van der Waals surface area contributed by atoms with Gasteiger partial charge in [0, 0.05) is 32.4 Å². The fraction of sp³-hybridized carbons (Fsp3) is 0.244. The Morgan fingerprint density at radius 1 is 0.551 bits per heavy atom. The van der Waals surface area contributed by atoms with Crippen LogP contribution >= 0.6 is 0 Å². The van der Waals surface area contributed by atoms with Crippen molar-refractivity contribution in [3.05, 3.63) is 83.7 Å². The molecule has 7 nitrogen and oxygen atoms in total. The molecule has 0 saturated heterocycles. The van der Waals surface area contributed by atoms with Crippen LogP contribution in [0.2, 0.25) is 0 Å². The summed E-state index contributed by atoms with van der Waals surface area (Å²) in [4.78, 5) is 16.2. The van der Waals surface area contributed by atoms with Crippen LogP contribution in [0.4, 0.5) is 0 Å². The highest BCUT2D eigenvalue weighted by Crippen LogP contribution is 2.43. The Morgan fingerprint density at radius 3 is 1.41 bits per heavy atom. The molecule has 0 atom stereocenters. The van der Waals surface area contributed by atoms with Gasteiger partial charge >= 0.3 is 0 Å². The normalized spacial score (nSPS) is 14.1. The lowest BCUT2D eigenvalue weighted by Gasteiger charge is -2.36. The number of furan rings is 2. The zero-order chi connectivity index (χ0) is 33.5. The smallest absolute Gasteiger partial charge is 0.262 e. The summed E-state index contributed by atoms with van der Waals surface area (Å²) in [6, 6.07) is 21.2. The number of fused-ring (bicyclic) bond motifs is 12. The summed E-state index contributed by atoms with van der Waals surface area (Å²) in [5, 5.41) is 4.36. The topological polar surface area (TPSA) is 74.8 Å². The average molecular weight is 640 g/mol. The molecule has 0 unspecified atom stereocenters. The van der Waals surface area contributed by atoms with E-state index in [0.717, 1.165) is 111 Å². The second-order valence-corrected chi connectivity index (χ2v) is 16.1. The quantitative estimate of drug-likeness (QED) is 0.158. The highest BCUT2D eigenvalue weighted by atomic mass is 16.3. The lowest BCUT2D eigenvalue weighted by Crippen LogP contribution is -2.60. The minimum atomic E-state index is -0.242. The van der Waals surface area contributed by atoms with Gasteiger partial charge in [0.1, 0.15) is 34.0 Å². The first-order valence-electron chi connectivity index (χ1n) is 17.2. The minimum absolute atomic E-state index is 0.210. The molecule has 0 radical (unpaired) electrons. The number of hydrogen-bond donors (Lipinski definition) is 0. The first kappa shape index (κ1) is 27.6. The molecule has 8 heteroatoms. The van der Waals surface area contributed by atoms with Crippen LogP contribution in [0.25, 0.3) is 77.3 Å². The molecule has 0 amide bonds. The van der Waals surface area contributed by atoms with Crippen LogP contribution in [-0.4, -0.2) is 30.8 Å². The summed E-state index contributed by atoms with van der Waals surface area (Å²) >= 11 is 0. The Bertz CT molecular complexity index is 2800. The molecule has 0 N–H and O–H groups in total. The SMILES string of the molecule is Cc1nc(C)c2c3c1-n1c(C(C)(C)C)nc4cc5c(oc6ccccc65)c(c41)B3c1c3oc4ccccc4c3cc3nc(C(C)(C)C)n-2c13. The second kappa shape index (κ2) is 8.43. The maximum atomic E-state index is 6.94. The molecule has 0 aliphatic carbocycles. The first-order chi connectivity index (χ1) is 23.4. The standard InChI is InChI=1S/C41H34BN5O2/c1-19-32-29-33(20(2)43-19)47-35-26(45-39(47)41(6,7)8)18-24-22-14-10-12-16-28(22)49-37(24)31(35)42(29)30-34-25(44-38(46(32)34)40(3,4)5)17-23-21-13-9-11-15-27(21)48-36(23)30/h9-18H,1-8H3. The van der Waals surface area contributed by atoms with E-state index in [1.165, 1.54) is 5.46 Å². The van der Waals surface area contributed by atoms with Crippen LogP contribution in [-0.2, 0) is 10.8 Å². The van der Waals surface area contributed by atoms with Crippen molar-refractivity contribution in [2.45, 2.75) is 66.2 Å². The molecule has 0 saturated carbocycles. The van der Waals surface area contributed by atoms with Gasteiger partial charge in [-0.15, -0.1) is 0 Å². The molecule has 11 rings (SSSR count). The summed E-state index contributed by atoms with van der Waals surface area (Å²) in [5.41, 5.74) is 14.8. The van der Waals surface area contributed by atoms with E-state index in [1.54, 1.807) is 0 Å². The summed E-state index contributed by atoms with van der Waals surface area (Å²) in [7, 11) is 0. The fourth-order valence-corrected chi connectivity index (χ4v) is 9.01. The van der Waals surface area contributed by atoms with Crippen molar-refractivity contribution in [1.29, 1.82) is 0 Å². The van der Waals surface area contributed by atoms with E-state index in [0.29, 0.717) is 0 Å². The molecule has 0 spiro atoms. The summed E-state index contributed by atoms with van der Waals surface area (Å²) in [5.74, 6) is 2.02. The lowest BCUT2D eigenvalue weighted by molar-refractivity contribution is 0.537. The molecule has 0 bridgehead atoms. The maximum Gasteiger partial charge on any atom is 0.262 e. The molecule has 2 aliphatic heterocycles. The van der Waals surface area contributed by atoms with Crippen LogP contribution in [0.1, 0.15) is 64.6 Å². The van der Waals surface area contributed by atoms with E-state index in [9.17, 15) is 0 Å². The van der Waals surface area contributed by atoms with Crippen LogP contribution < -0.4 is 16.4 Å². The largest absolute Gasteiger partial charge is 0.457 e. The fourth-order valence-electron chi connectivity index (χ4n) is 9.01. The van der Waals surface area contributed by atoms with Gasteiger partial charge in [0.05, 0.1) is 44.8 Å². The number of para-hydroxylation sites is 2. The molecule has 49 heavy (non-hydrogen) atoms. The van der Waals surface area contributed by atoms with E-state index in [-0.39, 0.29) is 17.5 Å².